The maximum Gasteiger partial charge on any atom is 0.295 e. The van der Waals surface area contributed by atoms with Gasteiger partial charge in [-0.1, -0.05) is 57.9 Å². The van der Waals surface area contributed by atoms with Crippen molar-refractivity contribution < 1.29 is 24.2 Å². The van der Waals surface area contributed by atoms with Crippen molar-refractivity contribution in [1.82, 2.24) is 4.90 Å². The van der Waals surface area contributed by atoms with Crippen LogP contribution in [0.25, 0.3) is 5.76 Å². The van der Waals surface area contributed by atoms with Gasteiger partial charge in [0.2, 0.25) is 0 Å². The molecule has 2 aromatic rings. The Morgan fingerprint density at radius 1 is 1.00 bits per heavy atom. The van der Waals surface area contributed by atoms with Crippen molar-refractivity contribution in [2.75, 3.05) is 26.9 Å². The number of benzene rings is 2. The van der Waals surface area contributed by atoms with Crippen LogP contribution in [0.2, 0.25) is 0 Å². The number of amides is 1. The predicted molar refractivity (Wildman–Crippen MR) is 133 cm³/mol. The summed E-state index contributed by atoms with van der Waals surface area (Å²) in [5, 5.41) is 11.2. The molecule has 1 unspecified atom stereocenters. The molecule has 1 amide bonds. The number of ether oxygens (including phenoxy) is 2. The summed E-state index contributed by atoms with van der Waals surface area (Å²) in [5.74, 6) is -0.446. The second kappa shape index (κ2) is 11.8. The number of unbranched alkanes of at least 4 members (excludes halogenated alkanes) is 2. The quantitative estimate of drug-likeness (QED) is 0.207. The van der Waals surface area contributed by atoms with Crippen LogP contribution in [-0.4, -0.2) is 48.6 Å². The number of rotatable bonds is 11. The van der Waals surface area contributed by atoms with Crippen LogP contribution in [0.4, 0.5) is 0 Å². The van der Waals surface area contributed by atoms with E-state index in [1.54, 1.807) is 31.4 Å². The molecule has 0 aliphatic carbocycles. The molecule has 1 heterocycles. The molecule has 182 valence electrons. The maximum absolute atomic E-state index is 13.0. The van der Waals surface area contributed by atoms with Crippen molar-refractivity contribution in [1.29, 1.82) is 0 Å². The summed E-state index contributed by atoms with van der Waals surface area (Å²) in [6.07, 6.45) is 3.22. The van der Waals surface area contributed by atoms with Gasteiger partial charge in [0.1, 0.15) is 11.5 Å². The van der Waals surface area contributed by atoms with Gasteiger partial charge in [0.25, 0.3) is 11.7 Å². The third-order valence-electron chi connectivity index (χ3n) is 6.14. The summed E-state index contributed by atoms with van der Waals surface area (Å²) in [4.78, 5) is 27.4. The minimum absolute atomic E-state index is 0.0926. The van der Waals surface area contributed by atoms with E-state index in [9.17, 15) is 14.7 Å². The zero-order valence-electron chi connectivity index (χ0n) is 20.5. The van der Waals surface area contributed by atoms with Gasteiger partial charge in [-0.05, 0) is 47.7 Å². The van der Waals surface area contributed by atoms with Gasteiger partial charge in [-0.15, -0.1) is 0 Å². The van der Waals surface area contributed by atoms with Crippen molar-refractivity contribution in [2.45, 2.75) is 52.0 Å². The molecule has 1 fully saturated rings. The lowest BCUT2D eigenvalue weighted by atomic mass is 9.93. The van der Waals surface area contributed by atoms with Crippen LogP contribution in [0, 0.1) is 0 Å². The topological polar surface area (TPSA) is 76.1 Å². The molecule has 1 saturated heterocycles. The second-order valence-electron chi connectivity index (χ2n) is 8.89. The van der Waals surface area contributed by atoms with Gasteiger partial charge in [0.05, 0.1) is 24.8 Å². The molecule has 0 radical (unpaired) electrons. The van der Waals surface area contributed by atoms with Gasteiger partial charge in [-0.3, -0.25) is 9.59 Å². The van der Waals surface area contributed by atoms with E-state index in [-0.39, 0.29) is 24.5 Å². The minimum atomic E-state index is -0.688. The van der Waals surface area contributed by atoms with Gasteiger partial charge in [-0.2, -0.15) is 0 Å². The Morgan fingerprint density at radius 3 is 2.26 bits per heavy atom. The normalized spacial score (nSPS) is 17.6. The third-order valence-corrected chi connectivity index (χ3v) is 6.14. The van der Waals surface area contributed by atoms with E-state index in [4.69, 9.17) is 9.47 Å². The Kier molecular flexibility index (Phi) is 8.88. The van der Waals surface area contributed by atoms with Crippen LogP contribution in [0.1, 0.15) is 68.7 Å². The number of likely N-dealkylation sites (tertiary alicyclic amines) is 1. The number of hydrogen-bond donors (Lipinski definition) is 1. The molecule has 2 aromatic carbocycles. The van der Waals surface area contributed by atoms with Gasteiger partial charge < -0.3 is 19.5 Å². The molecule has 3 rings (SSSR count). The molecule has 6 nitrogen and oxygen atoms in total. The summed E-state index contributed by atoms with van der Waals surface area (Å²) >= 11 is 0. The van der Waals surface area contributed by atoms with Crippen LogP contribution in [0.5, 0.6) is 5.75 Å². The molecule has 0 saturated carbocycles. The van der Waals surface area contributed by atoms with E-state index < -0.39 is 17.7 Å². The van der Waals surface area contributed by atoms with Crippen molar-refractivity contribution in [3.63, 3.8) is 0 Å². The molecule has 1 N–H and O–H groups in total. The number of Topliss-reactive ketones (excluding diaryl/α,β-unsaturated/α-hetero) is 1. The maximum atomic E-state index is 13.0. The van der Waals surface area contributed by atoms with E-state index in [1.165, 1.54) is 4.90 Å². The fourth-order valence-electron chi connectivity index (χ4n) is 4.12. The third kappa shape index (κ3) is 5.68. The average molecular weight is 466 g/mol. The number of nitrogens with zero attached hydrogens (tertiary/aromatic N) is 1. The zero-order valence-corrected chi connectivity index (χ0v) is 20.5. The number of carbonyl (C=O) groups excluding carboxylic acids is 2. The van der Waals surface area contributed by atoms with E-state index in [2.05, 4.69) is 20.8 Å². The number of aliphatic hydroxyl groups is 1. The second-order valence-corrected chi connectivity index (χ2v) is 8.89. The zero-order chi connectivity index (χ0) is 24.7. The van der Waals surface area contributed by atoms with E-state index in [1.807, 2.05) is 24.3 Å². The lowest BCUT2D eigenvalue weighted by Crippen LogP contribution is -2.32. The van der Waals surface area contributed by atoms with Gasteiger partial charge in [0.15, 0.2) is 0 Å². The lowest BCUT2D eigenvalue weighted by molar-refractivity contribution is -0.140. The largest absolute Gasteiger partial charge is 0.507 e. The van der Waals surface area contributed by atoms with Gasteiger partial charge >= 0.3 is 0 Å². The van der Waals surface area contributed by atoms with Crippen molar-refractivity contribution in [3.8, 4) is 5.75 Å². The highest BCUT2D eigenvalue weighted by molar-refractivity contribution is 6.46. The first-order valence-corrected chi connectivity index (χ1v) is 12.0. The molecule has 34 heavy (non-hydrogen) atoms. The summed E-state index contributed by atoms with van der Waals surface area (Å²) in [5.41, 5.74) is 2.49. The molecule has 0 spiro atoms. The minimum Gasteiger partial charge on any atom is -0.507 e. The smallest absolute Gasteiger partial charge is 0.295 e. The standard InChI is InChI=1S/C28H35NO5/c1-5-6-7-17-34-23-14-12-22(13-15-23)26(30)24-25(21-10-8-20(9-11-21)19(2)3)29(16-18-33-4)28(32)27(24)31/h8-15,19,25,30H,5-7,16-18H2,1-4H3/b26-24-. The van der Waals surface area contributed by atoms with Gasteiger partial charge in [0, 0.05) is 19.2 Å². The highest BCUT2D eigenvalue weighted by Gasteiger charge is 2.45. The first-order valence-electron chi connectivity index (χ1n) is 12.0. The Balaban J connectivity index is 1.96. The van der Waals surface area contributed by atoms with E-state index >= 15 is 0 Å². The van der Waals surface area contributed by atoms with Crippen LogP contribution >= 0.6 is 0 Å². The molecule has 1 aliphatic heterocycles. The highest BCUT2D eigenvalue weighted by atomic mass is 16.5. The molecule has 1 aliphatic rings. The fourth-order valence-corrected chi connectivity index (χ4v) is 4.12. The van der Waals surface area contributed by atoms with Crippen molar-refractivity contribution in [3.05, 3.63) is 70.8 Å². The Hall–Kier alpha value is -3.12. The van der Waals surface area contributed by atoms with Crippen LogP contribution in [0.3, 0.4) is 0 Å². The Labute approximate surface area is 202 Å². The Bertz CT molecular complexity index is 1010. The van der Waals surface area contributed by atoms with Crippen LogP contribution in [0.15, 0.2) is 54.1 Å². The molecule has 1 atom stereocenters. The Morgan fingerprint density at radius 2 is 1.68 bits per heavy atom. The summed E-state index contributed by atoms with van der Waals surface area (Å²) in [7, 11) is 1.55. The molecule has 0 bridgehead atoms. The van der Waals surface area contributed by atoms with Crippen LogP contribution < -0.4 is 4.74 Å². The summed E-state index contributed by atoms with van der Waals surface area (Å²) in [6, 6.07) is 14.1. The predicted octanol–water partition coefficient (Wildman–Crippen LogP) is 5.45. The first kappa shape index (κ1) is 25.5. The molecule has 6 heteroatoms. The number of ketones is 1. The van der Waals surface area contributed by atoms with Crippen molar-refractivity contribution in [2.24, 2.45) is 0 Å². The highest BCUT2D eigenvalue weighted by Crippen LogP contribution is 2.39. The molecular formula is C28H35NO5. The average Bonchev–Trinajstić information content (AvgIpc) is 3.10. The van der Waals surface area contributed by atoms with Crippen molar-refractivity contribution >= 4 is 17.4 Å². The van der Waals surface area contributed by atoms with Gasteiger partial charge in [-0.25, -0.2) is 0 Å². The number of carbonyl (C=O) groups is 2. The molecule has 0 aromatic heterocycles. The van der Waals surface area contributed by atoms with E-state index in [0.29, 0.717) is 23.8 Å². The van der Waals surface area contributed by atoms with Crippen LogP contribution in [-0.2, 0) is 14.3 Å². The number of methoxy groups -OCH3 is 1. The monoisotopic (exact) mass is 465 g/mol. The molecular weight excluding hydrogens is 430 g/mol. The summed E-state index contributed by atoms with van der Waals surface area (Å²) < 4.78 is 10.9. The lowest BCUT2D eigenvalue weighted by Gasteiger charge is -2.25. The fraction of sp³-hybridized carbons (Fsp3) is 0.429. The first-order chi connectivity index (χ1) is 16.4. The summed E-state index contributed by atoms with van der Waals surface area (Å²) in [6.45, 7) is 7.53. The number of aliphatic hydroxyl groups excluding tert-OH is 1. The number of hydrogen-bond acceptors (Lipinski definition) is 5. The van der Waals surface area contributed by atoms with E-state index in [0.717, 1.165) is 30.4 Å². The SMILES string of the molecule is CCCCCOc1ccc(/C(O)=C2/C(=O)C(=O)N(CCOC)C2c2ccc(C(C)C)cc2)cc1.